The minimum absolute atomic E-state index is 0.536. The molecule has 2 nitrogen and oxygen atoms in total. The molecule has 1 aliphatic carbocycles. The number of carboxylic acid groups (broad SMARTS) is 1. The van der Waals surface area contributed by atoms with Crippen molar-refractivity contribution in [2.24, 2.45) is 5.41 Å². The molecule has 1 unspecified atom stereocenters. The van der Waals surface area contributed by atoms with Crippen LogP contribution in [-0.4, -0.2) is 11.1 Å². The van der Waals surface area contributed by atoms with Crippen molar-refractivity contribution < 1.29 is 9.90 Å². The summed E-state index contributed by atoms with van der Waals surface area (Å²) in [5.41, 5.74) is 0.659. The maximum absolute atomic E-state index is 11.2. The van der Waals surface area contributed by atoms with E-state index in [0.29, 0.717) is 12.8 Å². The first-order valence-electron chi connectivity index (χ1n) is 5.09. The van der Waals surface area contributed by atoms with E-state index in [4.69, 9.17) is 0 Å². The summed E-state index contributed by atoms with van der Waals surface area (Å²) in [6.45, 7) is 4.02. The average molecular weight is 194 g/mol. The van der Waals surface area contributed by atoms with Gasteiger partial charge in [0.05, 0.1) is 5.41 Å². The highest BCUT2D eigenvalue weighted by Crippen LogP contribution is 2.37. The van der Waals surface area contributed by atoms with Crippen LogP contribution in [0.1, 0.15) is 39.5 Å². The van der Waals surface area contributed by atoms with Crippen LogP contribution in [0, 0.1) is 5.41 Å². The molecule has 1 rings (SSSR count). The Morgan fingerprint density at radius 3 is 2.64 bits per heavy atom. The van der Waals surface area contributed by atoms with Gasteiger partial charge in [-0.3, -0.25) is 4.79 Å². The van der Waals surface area contributed by atoms with Crippen molar-refractivity contribution in [3.63, 3.8) is 0 Å². The van der Waals surface area contributed by atoms with Gasteiger partial charge in [0.15, 0.2) is 0 Å². The van der Waals surface area contributed by atoms with E-state index in [9.17, 15) is 9.90 Å². The molecule has 1 atom stereocenters. The van der Waals surface area contributed by atoms with Crippen molar-refractivity contribution in [1.29, 1.82) is 0 Å². The summed E-state index contributed by atoms with van der Waals surface area (Å²) < 4.78 is 0. The number of aliphatic carboxylic acids is 1. The van der Waals surface area contributed by atoms with E-state index in [1.165, 1.54) is 5.57 Å². The van der Waals surface area contributed by atoms with Crippen LogP contribution in [0.3, 0.4) is 0 Å². The van der Waals surface area contributed by atoms with Crippen LogP contribution in [-0.2, 0) is 4.79 Å². The van der Waals surface area contributed by atoms with E-state index in [1.807, 2.05) is 26.0 Å². The first-order chi connectivity index (χ1) is 6.57. The van der Waals surface area contributed by atoms with Gasteiger partial charge < -0.3 is 5.11 Å². The van der Waals surface area contributed by atoms with Crippen molar-refractivity contribution in [2.45, 2.75) is 39.5 Å². The number of carboxylic acids is 1. The Morgan fingerprint density at radius 2 is 2.21 bits per heavy atom. The summed E-state index contributed by atoms with van der Waals surface area (Å²) in [4.78, 5) is 11.2. The lowest BCUT2D eigenvalue weighted by atomic mass is 9.74. The number of carbonyl (C=O) groups is 1. The molecule has 78 valence electrons. The SMILES string of the molecule is CC(C)=CCC1(C(=O)O)CC=CCC1. The minimum Gasteiger partial charge on any atom is -0.481 e. The Hall–Kier alpha value is -1.05. The van der Waals surface area contributed by atoms with E-state index in [1.54, 1.807) is 0 Å². The van der Waals surface area contributed by atoms with Crippen molar-refractivity contribution in [3.05, 3.63) is 23.8 Å². The van der Waals surface area contributed by atoms with Gasteiger partial charge in [-0.25, -0.2) is 0 Å². The molecule has 0 heterocycles. The Balaban J connectivity index is 2.77. The summed E-state index contributed by atoms with van der Waals surface area (Å²) in [5, 5.41) is 9.24. The number of hydrogen-bond acceptors (Lipinski definition) is 1. The van der Waals surface area contributed by atoms with Crippen molar-refractivity contribution >= 4 is 5.97 Å². The Kier molecular flexibility index (Phi) is 3.50. The van der Waals surface area contributed by atoms with Crippen LogP contribution < -0.4 is 0 Å². The third-order valence-electron chi connectivity index (χ3n) is 2.82. The number of hydrogen-bond donors (Lipinski definition) is 1. The molecule has 0 spiro atoms. The maximum Gasteiger partial charge on any atom is 0.310 e. The average Bonchev–Trinajstić information content (AvgIpc) is 2.16. The van der Waals surface area contributed by atoms with Crippen LogP contribution in [0.15, 0.2) is 23.8 Å². The molecule has 0 saturated heterocycles. The minimum atomic E-state index is -0.653. The molecule has 0 fully saturated rings. The molecule has 0 radical (unpaired) electrons. The predicted octanol–water partition coefficient (Wildman–Crippen LogP) is 3.15. The lowest BCUT2D eigenvalue weighted by Gasteiger charge is -2.29. The molecule has 14 heavy (non-hydrogen) atoms. The Bertz CT molecular complexity index is 272. The standard InChI is InChI=1S/C12H18O2/c1-10(2)6-9-12(11(13)14)7-4-3-5-8-12/h3-4,6H,5,7-9H2,1-2H3,(H,13,14). The summed E-state index contributed by atoms with van der Waals surface area (Å²) >= 11 is 0. The molecule has 1 N–H and O–H groups in total. The summed E-state index contributed by atoms with van der Waals surface area (Å²) in [5.74, 6) is -0.653. The van der Waals surface area contributed by atoms with Gasteiger partial charge in [-0.2, -0.15) is 0 Å². The highest BCUT2D eigenvalue weighted by molar-refractivity contribution is 5.75. The fourth-order valence-corrected chi connectivity index (χ4v) is 1.75. The second kappa shape index (κ2) is 4.45. The zero-order chi connectivity index (χ0) is 10.6. The first kappa shape index (κ1) is 11.0. The third-order valence-corrected chi connectivity index (χ3v) is 2.82. The van der Waals surface area contributed by atoms with Gasteiger partial charge in [0.2, 0.25) is 0 Å². The molecule has 0 amide bonds. The molecule has 0 aromatic rings. The molecule has 0 aromatic heterocycles. The van der Waals surface area contributed by atoms with Crippen LogP contribution in [0.25, 0.3) is 0 Å². The topological polar surface area (TPSA) is 37.3 Å². The van der Waals surface area contributed by atoms with Gasteiger partial charge in [0.1, 0.15) is 0 Å². The van der Waals surface area contributed by atoms with Crippen LogP contribution in [0.5, 0.6) is 0 Å². The zero-order valence-electron chi connectivity index (χ0n) is 8.92. The van der Waals surface area contributed by atoms with Crippen LogP contribution in [0.2, 0.25) is 0 Å². The molecular formula is C12H18O2. The lowest BCUT2D eigenvalue weighted by Crippen LogP contribution is -2.31. The molecule has 0 saturated carbocycles. The molecular weight excluding hydrogens is 176 g/mol. The van der Waals surface area contributed by atoms with E-state index in [0.717, 1.165) is 12.8 Å². The number of allylic oxidation sites excluding steroid dienone is 4. The Labute approximate surface area is 85.3 Å². The quantitative estimate of drug-likeness (QED) is 0.701. The molecule has 0 aromatic carbocycles. The maximum atomic E-state index is 11.2. The summed E-state index contributed by atoms with van der Waals surface area (Å²) in [6.07, 6.45) is 9.10. The van der Waals surface area contributed by atoms with Gasteiger partial charge in [0.25, 0.3) is 0 Å². The fourth-order valence-electron chi connectivity index (χ4n) is 1.75. The number of rotatable bonds is 3. The van der Waals surface area contributed by atoms with Crippen LogP contribution in [0.4, 0.5) is 0 Å². The van der Waals surface area contributed by atoms with E-state index in [-0.39, 0.29) is 0 Å². The molecule has 0 bridgehead atoms. The summed E-state index contributed by atoms with van der Waals surface area (Å²) in [6, 6.07) is 0. The third kappa shape index (κ3) is 2.47. The second-order valence-corrected chi connectivity index (χ2v) is 4.29. The van der Waals surface area contributed by atoms with E-state index >= 15 is 0 Å². The molecule has 2 heteroatoms. The van der Waals surface area contributed by atoms with Gasteiger partial charge >= 0.3 is 5.97 Å². The van der Waals surface area contributed by atoms with Gasteiger partial charge in [-0.1, -0.05) is 23.8 Å². The lowest BCUT2D eigenvalue weighted by molar-refractivity contribution is -0.149. The second-order valence-electron chi connectivity index (χ2n) is 4.29. The van der Waals surface area contributed by atoms with E-state index in [2.05, 4.69) is 6.08 Å². The largest absolute Gasteiger partial charge is 0.481 e. The monoisotopic (exact) mass is 194 g/mol. The highest BCUT2D eigenvalue weighted by Gasteiger charge is 2.36. The predicted molar refractivity (Wildman–Crippen MR) is 57.1 cm³/mol. The zero-order valence-corrected chi connectivity index (χ0v) is 8.92. The van der Waals surface area contributed by atoms with Gasteiger partial charge in [-0.15, -0.1) is 0 Å². The first-order valence-corrected chi connectivity index (χ1v) is 5.09. The highest BCUT2D eigenvalue weighted by atomic mass is 16.4. The van der Waals surface area contributed by atoms with Gasteiger partial charge in [0, 0.05) is 0 Å². The summed E-state index contributed by atoms with van der Waals surface area (Å²) in [7, 11) is 0. The Morgan fingerprint density at radius 1 is 1.50 bits per heavy atom. The molecule has 0 aliphatic heterocycles. The van der Waals surface area contributed by atoms with Crippen molar-refractivity contribution in [1.82, 2.24) is 0 Å². The van der Waals surface area contributed by atoms with Crippen molar-refractivity contribution in [3.8, 4) is 0 Å². The smallest absolute Gasteiger partial charge is 0.310 e. The van der Waals surface area contributed by atoms with Crippen LogP contribution >= 0.6 is 0 Å². The fraction of sp³-hybridized carbons (Fsp3) is 0.583. The molecule has 1 aliphatic rings. The van der Waals surface area contributed by atoms with Gasteiger partial charge in [-0.05, 0) is 39.5 Å². The van der Waals surface area contributed by atoms with E-state index < -0.39 is 11.4 Å². The van der Waals surface area contributed by atoms with Crippen molar-refractivity contribution in [2.75, 3.05) is 0 Å². The normalized spacial score (nSPS) is 25.9.